The van der Waals surface area contributed by atoms with Crippen molar-refractivity contribution in [2.75, 3.05) is 14.2 Å². The smallest absolute Gasteiger partial charge is 0.324 e. The van der Waals surface area contributed by atoms with Crippen LogP contribution in [0.1, 0.15) is 117 Å². The fraction of sp³-hybridized carbons (Fsp3) is 1.00. The Kier molecular flexibility index (Phi) is 19.6. The van der Waals surface area contributed by atoms with Gasteiger partial charge in [0.25, 0.3) is 0 Å². The normalized spacial score (nSPS) is 12.9. The Labute approximate surface area is 154 Å². The lowest BCUT2D eigenvalue weighted by molar-refractivity contribution is 0.260. The molecule has 0 aliphatic carbocycles. The van der Waals surface area contributed by atoms with Crippen molar-refractivity contribution in [1.29, 1.82) is 0 Å². The summed E-state index contributed by atoms with van der Waals surface area (Å²) in [7, 11) is 2.23. The summed E-state index contributed by atoms with van der Waals surface area (Å²) in [5.74, 6) is 0. The summed E-state index contributed by atoms with van der Waals surface area (Å²) in [6.45, 7) is 4.56. The maximum atomic E-state index is 5.54. The van der Waals surface area contributed by atoms with Crippen molar-refractivity contribution < 1.29 is 8.85 Å². The highest BCUT2D eigenvalue weighted by Crippen LogP contribution is 2.24. The summed E-state index contributed by atoms with van der Waals surface area (Å²) in [5, 5.41) is 0. The van der Waals surface area contributed by atoms with E-state index in [0.29, 0.717) is 5.54 Å². The number of unbranched alkanes of at least 4 members (excludes halogenated alkanes) is 13. The van der Waals surface area contributed by atoms with Gasteiger partial charge >= 0.3 is 9.28 Å². The van der Waals surface area contributed by atoms with Crippen molar-refractivity contribution in [3.63, 3.8) is 0 Å². The minimum Gasteiger partial charge on any atom is -0.400 e. The zero-order chi connectivity index (χ0) is 17.9. The molecule has 0 aliphatic heterocycles. The molecule has 0 amide bonds. The van der Waals surface area contributed by atoms with Gasteiger partial charge in [0.2, 0.25) is 0 Å². The molecule has 0 saturated carbocycles. The van der Waals surface area contributed by atoms with Crippen LogP contribution in [0.3, 0.4) is 0 Å². The molecule has 0 spiro atoms. The first kappa shape index (κ1) is 24.1. The summed E-state index contributed by atoms with van der Waals surface area (Å²) in [6, 6.07) is 0. The molecule has 1 unspecified atom stereocenters. The Morgan fingerprint density at radius 2 is 0.958 bits per heavy atom. The second kappa shape index (κ2) is 19.5. The van der Waals surface area contributed by atoms with Gasteiger partial charge in [0.15, 0.2) is 0 Å². The highest BCUT2D eigenvalue weighted by molar-refractivity contribution is 6.46. The molecule has 146 valence electrons. The van der Waals surface area contributed by atoms with Gasteiger partial charge in [0.05, 0.1) is 0 Å². The summed E-state index contributed by atoms with van der Waals surface area (Å²) in [6.07, 6.45) is 22.6. The molecule has 0 rings (SSSR count). The molecular weight excluding hydrogens is 312 g/mol. The molecule has 0 aromatic rings. The van der Waals surface area contributed by atoms with E-state index in [2.05, 4.69) is 13.8 Å². The molecule has 0 aromatic carbocycles. The maximum Gasteiger partial charge on any atom is 0.324 e. The molecule has 24 heavy (non-hydrogen) atoms. The summed E-state index contributed by atoms with van der Waals surface area (Å²) < 4.78 is 11.1. The van der Waals surface area contributed by atoms with E-state index in [1.54, 1.807) is 0 Å². The summed E-state index contributed by atoms with van der Waals surface area (Å²) in [4.78, 5) is 0. The Bertz CT molecular complexity index is 232. The van der Waals surface area contributed by atoms with Crippen molar-refractivity contribution in [2.24, 2.45) is 0 Å². The van der Waals surface area contributed by atoms with E-state index < -0.39 is 9.28 Å². The van der Waals surface area contributed by atoms with Gasteiger partial charge in [0.1, 0.15) is 0 Å². The zero-order valence-electron chi connectivity index (χ0n) is 17.3. The van der Waals surface area contributed by atoms with Gasteiger partial charge in [-0.15, -0.1) is 0 Å². The molecule has 1 atom stereocenters. The van der Waals surface area contributed by atoms with E-state index in [1.165, 1.54) is 103 Å². The first-order valence-corrected chi connectivity index (χ1v) is 12.5. The predicted octanol–water partition coefficient (Wildman–Crippen LogP) is 7.15. The van der Waals surface area contributed by atoms with Crippen molar-refractivity contribution in [1.82, 2.24) is 0 Å². The highest BCUT2D eigenvalue weighted by atomic mass is 28.3. The van der Waals surface area contributed by atoms with Crippen LogP contribution in [0.2, 0.25) is 5.54 Å². The van der Waals surface area contributed by atoms with Gasteiger partial charge in [-0.3, -0.25) is 0 Å². The van der Waals surface area contributed by atoms with E-state index >= 15 is 0 Å². The van der Waals surface area contributed by atoms with Crippen LogP contribution in [0.25, 0.3) is 0 Å². The third-order valence-corrected chi connectivity index (χ3v) is 7.81. The van der Waals surface area contributed by atoms with Crippen LogP contribution in [0.4, 0.5) is 0 Å². The Hall–Kier alpha value is 0.137. The topological polar surface area (TPSA) is 18.5 Å². The zero-order valence-corrected chi connectivity index (χ0v) is 18.4. The van der Waals surface area contributed by atoms with Gasteiger partial charge < -0.3 is 8.85 Å². The molecule has 0 heterocycles. The molecule has 0 N–H and O–H groups in total. The molecule has 0 bridgehead atoms. The largest absolute Gasteiger partial charge is 0.400 e. The lowest BCUT2D eigenvalue weighted by Crippen LogP contribution is -2.25. The van der Waals surface area contributed by atoms with Crippen LogP contribution in [0.5, 0.6) is 0 Å². The fourth-order valence-electron chi connectivity index (χ4n) is 3.61. The predicted molar refractivity (Wildman–Crippen MR) is 110 cm³/mol. The Morgan fingerprint density at radius 3 is 1.29 bits per heavy atom. The lowest BCUT2D eigenvalue weighted by Gasteiger charge is -2.21. The fourth-order valence-corrected chi connectivity index (χ4v) is 5.47. The van der Waals surface area contributed by atoms with E-state index in [4.69, 9.17) is 8.85 Å². The second-order valence-corrected chi connectivity index (χ2v) is 10.0. The lowest BCUT2D eigenvalue weighted by atomic mass is 10.0. The van der Waals surface area contributed by atoms with Crippen LogP contribution in [0, 0.1) is 0 Å². The van der Waals surface area contributed by atoms with Gasteiger partial charge in [-0.25, -0.2) is 0 Å². The minimum atomic E-state index is -1.40. The van der Waals surface area contributed by atoms with Gasteiger partial charge in [-0.2, -0.15) is 0 Å². The van der Waals surface area contributed by atoms with Crippen LogP contribution in [0.15, 0.2) is 0 Å². The van der Waals surface area contributed by atoms with Gasteiger partial charge in [-0.1, -0.05) is 110 Å². The summed E-state index contributed by atoms with van der Waals surface area (Å²) in [5.41, 5.74) is 0.692. The number of rotatable bonds is 19. The number of hydrogen-bond acceptors (Lipinski definition) is 2. The second-order valence-electron chi connectivity index (χ2n) is 7.39. The molecular formula is C21H46O2Si. The number of hydrogen-bond donors (Lipinski definition) is 0. The molecule has 2 nitrogen and oxygen atoms in total. The van der Waals surface area contributed by atoms with Crippen molar-refractivity contribution in [2.45, 2.75) is 122 Å². The highest BCUT2D eigenvalue weighted by Gasteiger charge is 2.21. The first-order chi connectivity index (χ1) is 11.8. The van der Waals surface area contributed by atoms with Crippen LogP contribution in [-0.4, -0.2) is 23.5 Å². The Balaban J connectivity index is 3.27. The van der Waals surface area contributed by atoms with Crippen LogP contribution in [-0.2, 0) is 8.85 Å². The first-order valence-electron chi connectivity index (χ1n) is 10.9. The molecule has 0 aromatic heterocycles. The quantitative estimate of drug-likeness (QED) is 0.180. The van der Waals surface area contributed by atoms with E-state index in [-0.39, 0.29) is 0 Å². The van der Waals surface area contributed by atoms with Crippen molar-refractivity contribution in [3.8, 4) is 0 Å². The van der Waals surface area contributed by atoms with E-state index in [0.717, 1.165) is 0 Å². The summed E-state index contributed by atoms with van der Waals surface area (Å²) >= 11 is 0. The van der Waals surface area contributed by atoms with Gasteiger partial charge in [0, 0.05) is 14.2 Å². The van der Waals surface area contributed by atoms with Crippen molar-refractivity contribution in [3.05, 3.63) is 0 Å². The molecule has 0 saturated heterocycles. The molecule has 0 aliphatic rings. The average Bonchev–Trinajstić information content (AvgIpc) is 2.61. The van der Waals surface area contributed by atoms with Crippen LogP contribution >= 0.6 is 0 Å². The van der Waals surface area contributed by atoms with Crippen molar-refractivity contribution >= 4 is 9.28 Å². The maximum absolute atomic E-state index is 5.54. The van der Waals surface area contributed by atoms with E-state index in [1.807, 2.05) is 14.2 Å². The SMILES string of the molecule is CCCCCCCCCCCCCCCCC(CC)[SiH](OC)OC. The molecule has 0 radical (unpaired) electrons. The minimum absolute atomic E-state index is 0.692. The van der Waals surface area contributed by atoms with E-state index in [9.17, 15) is 0 Å². The Morgan fingerprint density at radius 1 is 0.583 bits per heavy atom. The van der Waals surface area contributed by atoms with Crippen LogP contribution < -0.4 is 0 Å². The third kappa shape index (κ3) is 14.5. The monoisotopic (exact) mass is 358 g/mol. The molecule has 3 heteroatoms. The third-order valence-electron chi connectivity index (χ3n) is 5.30. The standard InChI is InChI=1S/C21H46O2Si/c1-5-7-8-9-10-11-12-13-14-15-16-17-18-19-20-21(6-2)24(22-3)23-4/h21,24H,5-20H2,1-4H3. The molecule has 0 fully saturated rings. The average molecular weight is 359 g/mol. The van der Waals surface area contributed by atoms with Gasteiger partial charge in [-0.05, 0) is 12.0 Å².